The van der Waals surface area contributed by atoms with Crippen molar-refractivity contribution < 1.29 is 4.79 Å². The number of carbonyl (C=O) groups excluding carboxylic acids is 1. The molecule has 0 aliphatic carbocycles. The van der Waals surface area contributed by atoms with E-state index in [4.69, 9.17) is 0 Å². The minimum absolute atomic E-state index is 0.0212. The fourth-order valence-electron chi connectivity index (χ4n) is 4.06. The second-order valence-electron chi connectivity index (χ2n) is 7.83. The van der Waals surface area contributed by atoms with E-state index >= 15 is 0 Å². The van der Waals surface area contributed by atoms with E-state index in [1.54, 1.807) is 17.0 Å². The molecule has 2 amide bonds. The molecule has 0 atom stereocenters. The molecular formula is C24H26N4OS. The lowest BCUT2D eigenvalue weighted by atomic mass is 10.0. The predicted octanol–water partition coefficient (Wildman–Crippen LogP) is 4.67. The highest BCUT2D eigenvalue weighted by Gasteiger charge is 2.35. The maximum atomic E-state index is 13.3. The number of urea groups is 1. The number of piperidine rings is 1. The number of nitrogens with zero attached hydrogens (tertiary/aromatic N) is 4. The van der Waals surface area contributed by atoms with Gasteiger partial charge in [0.1, 0.15) is 0 Å². The Morgan fingerprint density at radius 1 is 1.07 bits per heavy atom. The first-order chi connectivity index (χ1) is 14.6. The molecule has 2 fully saturated rings. The van der Waals surface area contributed by atoms with Crippen molar-refractivity contribution in [3.05, 3.63) is 77.9 Å². The molecule has 2 aliphatic rings. The molecule has 0 radical (unpaired) electrons. The van der Waals surface area contributed by atoms with E-state index < -0.39 is 0 Å². The zero-order valence-corrected chi connectivity index (χ0v) is 17.9. The van der Waals surface area contributed by atoms with E-state index in [-0.39, 0.29) is 12.1 Å². The molecule has 2 saturated heterocycles. The molecule has 0 aromatic heterocycles. The molecule has 0 unspecified atom stereocenters. The van der Waals surface area contributed by atoms with Crippen molar-refractivity contribution in [2.75, 3.05) is 31.1 Å². The Kier molecular flexibility index (Phi) is 6.41. The number of hydrogen-bond acceptors (Lipinski definition) is 4. The smallest absolute Gasteiger partial charge is 0.317 e. The van der Waals surface area contributed by atoms with Crippen LogP contribution in [-0.2, 0) is 5.75 Å². The van der Waals surface area contributed by atoms with Crippen LogP contribution >= 0.6 is 11.9 Å². The number of benzene rings is 2. The molecule has 0 N–H and O–H groups in total. The topological polar surface area (TPSA) is 50.6 Å². The standard InChI is InChI=1S/C24H26N4OS/c1-19-16-27(24(29)28(17-19)23-9-5-8-21(14-23)15-25)22-10-12-26(13-11-22)30-18-20-6-3-2-4-7-20/h2-9,14,22H,1,10-13,16-18H2. The van der Waals surface area contributed by atoms with Gasteiger partial charge in [0.05, 0.1) is 18.2 Å². The Morgan fingerprint density at radius 2 is 1.83 bits per heavy atom. The summed E-state index contributed by atoms with van der Waals surface area (Å²) in [5, 5.41) is 9.19. The molecule has 4 rings (SSSR count). The average Bonchev–Trinajstić information content (AvgIpc) is 2.80. The highest BCUT2D eigenvalue weighted by Crippen LogP contribution is 2.29. The molecule has 30 heavy (non-hydrogen) atoms. The van der Waals surface area contributed by atoms with Crippen LogP contribution in [0.4, 0.5) is 10.5 Å². The Hall–Kier alpha value is -2.75. The zero-order chi connectivity index (χ0) is 20.9. The number of anilines is 1. The average molecular weight is 419 g/mol. The number of nitriles is 1. The molecule has 2 aromatic rings. The predicted molar refractivity (Wildman–Crippen MR) is 122 cm³/mol. The van der Waals surface area contributed by atoms with Gasteiger partial charge in [-0.3, -0.25) is 9.21 Å². The molecule has 0 bridgehead atoms. The second-order valence-corrected chi connectivity index (χ2v) is 8.89. The highest BCUT2D eigenvalue weighted by molar-refractivity contribution is 7.96. The van der Waals surface area contributed by atoms with Gasteiger partial charge in [-0.2, -0.15) is 5.26 Å². The summed E-state index contributed by atoms with van der Waals surface area (Å²) >= 11 is 1.87. The number of rotatable bonds is 5. The first-order valence-electron chi connectivity index (χ1n) is 10.3. The van der Waals surface area contributed by atoms with Gasteiger partial charge in [-0.05, 0) is 42.2 Å². The Bertz CT molecular complexity index is 947. The molecule has 154 valence electrons. The highest BCUT2D eigenvalue weighted by atomic mass is 32.2. The van der Waals surface area contributed by atoms with Crippen molar-refractivity contribution in [3.63, 3.8) is 0 Å². The fourth-order valence-corrected chi connectivity index (χ4v) is 5.05. The van der Waals surface area contributed by atoms with Gasteiger partial charge in [0.15, 0.2) is 0 Å². The minimum Gasteiger partial charge on any atom is -0.317 e. The van der Waals surface area contributed by atoms with Crippen LogP contribution < -0.4 is 4.90 Å². The first-order valence-corrected chi connectivity index (χ1v) is 11.2. The monoisotopic (exact) mass is 418 g/mol. The van der Waals surface area contributed by atoms with Crippen molar-refractivity contribution in [2.24, 2.45) is 0 Å². The summed E-state index contributed by atoms with van der Waals surface area (Å²) in [5.74, 6) is 0.980. The summed E-state index contributed by atoms with van der Waals surface area (Å²) in [6, 6.07) is 20.2. The van der Waals surface area contributed by atoms with E-state index in [1.165, 1.54) is 5.56 Å². The summed E-state index contributed by atoms with van der Waals surface area (Å²) in [4.78, 5) is 17.0. The van der Waals surface area contributed by atoms with Gasteiger partial charge in [-0.25, -0.2) is 4.79 Å². The lowest BCUT2D eigenvalue weighted by Gasteiger charge is -2.43. The molecule has 2 aromatic carbocycles. The number of carbonyl (C=O) groups is 1. The van der Waals surface area contributed by atoms with Gasteiger partial charge in [-0.15, -0.1) is 0 Å². The molecule has 0 saturated carbocycles. The first kappa shape index (κ1) is 20.5. The van der Waals surface area contributed by atoms with E-state index in [0.717, 1.165) is 42.9 Å². The maximum absolute atomic E-state index is 13.3. The summed E-state index contributed by atoms with van der Waals surface area (Å²) in [7, 11) is 0. The molecule has 5 nitrogen and oxygen atoms in total. The van der Waals surface area contributed by atoms with E-state index in [0.29, 0.717) is 18.7 Å². The van der Waals surface area contributed by atoms with Crippen molar-refractivity contribution in [2.45, 2.75) is 24.6 Å². The summed E-state index contributed by atoms with van der Waals surface area (Å²) in [6.07, 6.45) is 1.93. The number of amides is 2. The Balaban J connectivity index is 1.37. The third kappa shape index (κ3) is 4.69. The van der Waals surface area contributed by atoms with Crippen LogP contribution in [0.15, 0.2) is 66.7 Å². The minimum atomic E-state index is 0.0212. The van der Waals surface area contributed by atoms with Crippen LogP contribution in [0, 0.1) is 11.3 Å². The Labute approximate surface area is 182 Å². The third-order valence-electron chi connectivity index (χ3n) is 5.66. The summed E-state index contributed by atoms with van der Waals surface area (Å²) in [5.41, 5.74) is 3.69. The van der Waals surface area contributed by atoms with Crippen LogP contribution in [0.25, 0.3) is 0 Å². The normalized spacial score (nSPS) is 18.5. The summed E-state index contributed by atoms with van der Waals surface area (Å²) < 4.78 is 2.42. The number of hydrogen-bond donors (Lipinski definition) is 0. The fraction of sp³-hybridized carbons (Fsp3) is 0.333. The van der Waals surface area contributed by atoms with E-state index in [9.17, 15) is 10.1 Å². The van der Waals surface area contributed by atoms with Gasteiger partial charge < -0.3 is 4.90 Å². The lowest BCUT2D eigenvalue weighted by molar-refractivity contribution is 0.154. The van der Waals surface area contributed by atoms with Gasteiger partial charge in [0, 0.05) is 37.1 Å². The van der Waals surface area contributed by atoms with E-state index in [1.807, 2.05) is 35.0 Å². The molecular weight excluding hydrogens is 392 g/mol. The van der Waals surface area contributed by atoms with Crippen LogP contribution in [0.1, 0.15) is 24.0 Å². The van der Waals surface area contributed by atoms with Gasteiger partial charge in [0.25, 0.3) is 0 Å². The lowest BCUT2D eigenvalue weighted by Crippen LogP contribution is -2.56. The van der Waals surface area contributed by atoms with Crippen molar-refractivity contribution in [1.29, 1.82) is 5.26 Å². The second kappa shape index (κ2) is 9.38. The molecule has 2 aliphatic heterocycles. The van der Waals surface area contributed by atoms with Crippen molar-refractivity contribution in [1.82, 2.24) is 9.21 Å². The molecule has 2 heterocycles. The largest absolute Gasteiger partial charge is 0.325 e. The Morgan fingerprint density at radius 3 is 2.57 bits per heavy atom. The SMILES string of the molecule is C=C1CN(c2cccc(C#N)c2)C(=O)N(C2CCN(SCc3ccccc3)CC2)C1. The van der Waals surface area contributed by atoms with Crippen LogP contribution in [0.3, 0.4) is 0 Å². The third-order valence-corrected chi connectivity index (χ3v) is 6.85. The maximum Gasteiger partial charge on any atom is 0.325 e. The summed E-state index contributed by atoms with van der Waals surface area (Å²) in [6.45, 7) is 7.25. The van der Waals surface area contributed by atoms with Gasteiger partial charge in [-0.1, -0.05) is 54.9 Å². The molecule has 6 heteroatoms. The molecule has 0 spiro atoms. The van der Waals surface area contributed by atoms with Crippen LogP contribution in [0.5, 0.6) is 0 Å². The zero-order valence-electron chi connectivity index (χ0n) is 17.0. The van der Waals surface area contributed by atoms with Crippen molar-refractivity contribution in [3.8, 4) is 6.07 Å². The van der Waals surface area contributed by atoms with E-state index in [2.05, 4.69) is 41.2 Å². The van der Waals surface area contributed by atoms with Gasteiger partial charge in [0.2, 0.25) is 0 Å². The quantitative estimate of drug-likeness (QED) is 0.523. The van der Waals surface area contributed by atoms with Gasteiger partial charge >= 0.3 is 6.03 Å². The van der Waals surface area contributed by atoms with Crippen LogP contribution in [-0.4, -0.2) is 47.5 Å². The van der Waals surface area contributed by atoms with Crippen LogP contribution in [0.2, 0.25) is 0 Å². The van der Waals surface area contributed by atoms with Crippen molar-refractivity contribution >= 4 is 23.7 Å².